The van der Waals surface area contributed by atoms with Crippen LogP contribution in [-0.4, -0.2) is 11.0 Å². The molecule has 1 heterocycles. The second-order valence-corrected chi connectivity index (χ2v) is 5.48. The van der Waals surface area contributed by atoms with E-state index in [0.717, 1.165) is 12.1 Å². The molecular formula is C15H16Cl2N2O. The molecule has 0 atom stereocenters. The Morgan fingerprint density at radius 1 is 1.20 bits per heavy atom. The van der Waals surface area contributed by atoms with E-state index in [9.17, 15) is 0 Å². The minimum absolute atomic E-state index is 0.390. The largest absolute Gasteiger partial charge is 0.437 e. The maximum Gasteiger partial charge on any atom is 0.219 e. The summed E-state index contributed by atoms with van der Waals surface area (Å²) in [5.74, 6) is 0.988. The zero-order chi connectivity index (χ0) is 14.5. The van der Waals surface area contributed by atoms with Gasteiger partial charge in [-0.05, 0) is 17.7 Å². The monoisotopic (exact) mass is 310 g/mol. The third kappa shape index (κ3) is 4.10. The lowest BCUT2D eigenvalue weighted by molar-refractivity contribution is 0.462. The molecule has 0 saturated carbocycles. The lowest BCUT2D eigenvalue weighted by Gasteiger charge is -2.09. The first-order chi connectivity index (χ1) is 9.56. The molecule has 0 fully saturated rings. The van der Waals surface area contributed by atoms with E-state index in [-0.39, 0.29) is 0 Å². The fourth-order valence-electron chi connectivity index (χ4n) is 1.57. The molecule has 1 aromatic heterocycles. The Balaban J connectivity index is 2.05. The highest BCUT2D eigenvalue weighted by Crippen LogP contribution is 2.33. The lowest BCUT2D eigenvalue weighted by Crippen LogP contribution is -2.21. The van der Waals surface area contributed by atoms with E-state index in [1.54, 1.807) is 24.4 Å². The van der Waals surface area contributed by atoms with Gasteiger partial charge in [-0.2, -0.15) is 0 Å². The van der Waals surface area contributed by atoms with Gasteiger partial charge in [-0.1, -0.05) is 49.2 Å². The van der Waals surface area contributed by atoms with Crippen LogP contribution in [0.3, 0.4) is 0 Å². The lowest BCUT2D eigenvalue weighted by atomic mass is 10.2. The second-order valence-electron chi connectivity index (χ2n) is 4.69. The van der Waals surface area contributed by atoms with Gasteiger partial charge in [0.25, 0.3) is 0 Å². The van der Waals surface area contributed by atoms with E-state index in [1.165, 1.54) is 0 Å². The van der Waals surface area contributed by atoms with Gasteiger partial charge in [-0.3, -0.25) is 0 Å². The van der Waals surface area contributed by atoms with Crippen LogP contribution in [0.5, 0.6) is 11.6 Å². The molecule has 0 aliphatic carbocycles. The van der Waals surface area contributed by atoms with E-state index in [4.69, 9.17) is 27.9 Å². The Hall–Kier alpha value is -1.29. The van der Waals surface area contributed by atoms with Crippen molar-refractivity contribution < 1.29 is 4.74 Å². The molecule has 2 rings (SSSR count). The summed E-state index contributed by atoms with van der Waals surface area (Å²) in [5, 5.41) is 4.18. The van der Waals surface area contributed by atoms with Crippen LogP contribution in [0.4, 0.5) is 0 Å². The first-order valence-electron chi connectivity index (χ1n) is 6.36. The van der Waals surface area contributed by atoms with Gasteiger partial charge >= 0.3 is 0 Å². The molecule has 0 bridgehead atoms. The molecular weight excluding hydrogens is 295 g/mol. The van der Waals surface area contributed by atoms with E-state index >= 15 is 0 Å². The minimum atomic E-state index is 0.390. The van der Waals surface area contributed by atoms with Crippen molar-refractivity contribution in [2.45, 2.75) is 26.4 Å². The molecule has 0 unspecified atom stereocenters. The smallest absolute Gasteiger partial charge is 0.219 e. The number of hydrogen-bond donors (Lipinski definition) is 1. The number of halogens is 2. The number of ether oxygens (including phenoxy) is 1. The SMILES string of the molecule is CC(C)NCc1ccc(Oc2cccc(Cl)c2Cl)nc1. The van der Waals surface area contributed by atoms with Crippen molar-refractivity contribution >= 4 is 23.2 Å². The van der Waals surface area contributed by atoms with Crippen LogP contribution in [0.15, 0.2) is 36.5 Å². The first-order valence-corrected chi connectivity index (χ1v) is 7.12. The Labute approximate surface area is 128 Å². The fraction of sp³-hybridized carbons (Fsp3) is 0.267. The van der Waals surface area contributed by atoms with E-state index < -0.39 is 0 Å². The number of benzene rings is 1. The molecule has 0 radical (unpaired) electrons. The Bertz CT molecular complexity index is 571. The topological polar surface area (TPSA) is 34.1 Å². The van der Waals surface area contributed by atoms with Crippen molar-refractivity contribution in [3.8, 4) is 11.6 Å². The van der Waals surface area contributed by atoms with Gasteiger partial charge in [-0.25, -0.2) is 4.98 Å². The van der Waals surface area contributed by atoms with E-state index in [2.05, 4.69) is 24.1 Å². The molecule has 0 spiro atoms. The summed E-state index contributed by atoms with van der Waals surface area (Å²) in [7, 11) is 0. The molecule has 0 aliphatic rings. The molecule has 0 saturated heterocycles. The second kappa shape index (κ2) is 6.93. The molecule has 2 aromatic rings. The third-order valence-electron chi connectivity index (χ3n) is 2.64. The average molecular weight is 311 g/mol. The van der Waals surface area contributed by atoms with Crippen molar-refractivity contribution in [2.24, 2.45) is 0 Å². The van der Waals surface area contributed by atoms with Gasteiger partial charge in [0, 0.05) is 24.8 Å². The summed E-state index contributed by atoms with van der Waals surface area (Å²) in [6.07, 6.45) is 1.78. The Morgan fingerprint density at radius 3 is 2.65 bits per heavy atom. The fourth-order valence-corrected chi connectivity index (χ4v) is 1.90. The molecule has 0 aliphatic heterocycles. The molecule has 1 N–H and O–H groups in total. The van der Waals surface area contributed by atoms with Gasteiger partial charge in [0.05, 0.1) is 5.02 Å². The summed E-state index contributed by atoms with van der Waals surface area (Å²) in [6, 6.07) is 9.47. The molecule has 20 heavy (non-hydrogen) atoms. The van der Waals surface area contributed by atoms with E-state index in [1.807, 2.05) is 12.1 Å². The number of pyridine rings is 1. The van der Waals surface area contributed by atoms with Crippen LogP contribution in [0.1, 0.15) is 19.4 Å². The molecule has 0 amide bonds. The highest BCUT2D eigenvalue weighted by Gasteiger charge is 2.07. The van der Waals surface area contributed by atoms with Crippen LogP contribution in [0.25, 0.3) is 0 Å². The van der Waals surface area contributed by atoms with Gasteiger partial charge in [0.2, 0.25) is 5.88 Å². The first kappa shape index (κ1) is 15.1. The summed E-state index contributed by atoms with van der Waals surface area (Å²) >= 11 is 12.0. The zero-order valence-corrected chi connectivity index (χ0v) is 12.9. The number of nitrogens with one attached hydrogen (secondary N) is 1. The average Bonchev–Trinajstić information content (AvgIpc) is 2.43. The highest BCUT2D eigenvalue weighted by atomic mass is 35.5. The Morgan fingerprint density at radius 2 is 2.00 bits per heavy atom. The summed E-state index contributed by atoms with van der Waals surface area (Å²) in [4.78, 5) is 4.26. The summed E-state index contributed by atoms with van der Waals surface area (Å²) < 4.78 is 5.62. The van der Waals surface area contributed by atoms with Gasteiger partial charge < -0.3 is 10.1 Å². The maximum atomic E-state index is 6.06. The summed E-state index contributed by atoms with van der Waals surface area (Å²) in [5.41, 5.74) is 1.10. The predicted molar refractivity (Wildman–Crippen MR) is 82.7 cm³/mol. The van der Waals surface area contributed by atoms with Crippen molar-refractivity contribution in [3.05, 3.63) is 52.1 Å². The van der Waals surface area contributed by atoms with Crippen LogP contribution in [0.2, 0.25) is 10.0 Å². The van der Waals surface area contributed by atoms with E-state index in [0.29, 0.717) is 27.7 Å². The van der Waals surface area contributed by atoms with Crippen LogP contribution in [0, 0.1) is 0 Å². The summed E-state index contributed by atoms with van der Waals surface area (Å²) in [6.45, 7) is 4.99. The van der Waals surface area contributed by atoms with Gasteiger partial charge in [-0.15, -0.1) is 0 Å². The van der Waals surface area contributed by atoms with Crippen molar-refractivity contribution in [1.29, 1.82) is 0 Å². The number of rotatable bonds is 5. The van der Waals surface area contributed by atoms with Crippen molar-refractivity contribution in [3.63, 3.8) is 0 Å². The molecule has 5 heteroatoms. The van der Waals surface area contributed by atoms with Crippen LogP contribution >= 0.6 is 23.2 Å². The third-order valence-corrected chi connectivity index (χ3v) is 3.44. The standard InChI is InChI=1S/C15H16Cl2N2O/c1-10(2)18-8-11-6-7-14(19-9-11)20-13-5-3-4-12(16)15(13)17/h3-7,9-10,18H,8H2,1-2H3. The minimum Gasteiger partial charge on any atom is -0.437 e. The molecule has 106 valence electrons. The maximum absolute atomic E-state index is 6.06. The van der Waals surface area contributed by atoms with Gasteiger partial charge in [0.15, 0.2) is 0 Å². The Kier molecular flexibility index (Phi) is 5.24. The van der Waals surface area contributed by atoms with Gasteiger partial charge in [0.1, 0.15) is 10.8 Å². The zero-order valence-electron chi connectivity index (χ0n) is 11.4. The molecule has 3 nitrogen and oxygen atoms in total. The normalized spacial score (nSPS) is 10.8. The highest BCUT2D eigenvalue weighted by molar-refractivity contribution is 6.42. The number of aromatic nitrogens is 1. The number of nitrogens with zero attached hydrogens (tertiary/aromatic N) is 1. The number of hydrogen-bond acceptors (Lipinski definition) is 3. The quantitative estimate of drug-likeness (QED) is 0.870. The predicted octanol–water partition coefficient (Wildman–Crippen LogP) is 4.68. The van der Waals surface area contributed by atoms with Crippen LogP contribution in [-0.2, 0) is 6.54 Å². The van der Waals surface area contributed by atoms with Crippen molar-refractivity contribution in [2.75, 3.05) is 0 Å². The molecule has 1 aromatic carbocycles. The van der Waals surface area contributed by atoms with Crippen molar-refractivity contribution in [1.82, 2.24) is 10.3 Å². The van der Waals surface area contributed by atoms with Crippen LogP contribution < -0.4 is 10.1 Å².